The van der Waals surface area contributed by atoms with E-state index in [1.54, 1.807) is 0 Å². The molecule has 1 aromatic heterocycles. The number of ether oxygens (including phenoxy) is 2. The Morgan fingerprint density at radius 2 is 1.96 bits per heavy atom. The van der Waals surface area contributed by atoms with Crippen LogP contribution < -0.4 is 14.3 Å². The third-order valence-electron chi connectivity index (χ3n) is 4.10. The maximum Gasteiger partial charge on any atom is 0.280 e. The van der Waals surface area contributed by atoms with Gasteiger partial charge in [-0.3, -0.25) is 4.79 Å². The van der Waals surface area contributed by atoms with E-state index in [0.717, 1.165) is 38.3 Å². The average Bonchev–Trinajstić information content (AvgIpc) is 2.96. The highest BCUT2D eigenvalue weighted by Crippen LogP contribution is 2.35. The van der Waals surface area contributed by atoms with E-state index >= 15 is 0 Å². The van der Waals surface area contributed by atoms with Gasteiger partial charge in [0.15, 0.2) is 16.3 Å². The number of aryl methyl sites for hydroxylation is 1. The van der Waals surface area contributed by atoms with Crippen LogP contribution in [-0.2, 0) is 6.54 Å². The standard InChI is InChI=1S/C19H17IN2O3S/c1-2-7-22-14-10-15-16(25-9-8-24-15)11-17(14)26-19(22)21-18(23)12-5-3-4-6-13(12)20/h3-6,10-11H,2,7-9H2,1H3. The zero-order valence-corrected chi connectivity index (χ0v) is 17.2. The number of halogens is 1. The molecule has 0 N–H and O–H groups in total. The van der Waals surface area contributed by atoms with Crippen LogP contribution in [0.2, 0.25) is 0 Å². The molecular formula is C19H17IN2O3S. The van der Waals surface area contributed by atoms with Gasteiger partial charge in [0, 0.05) is 22.2 Å². The first-order valence-corrected chi connectivity index (χ1v) is 10.3. The Morgan fingerprint density at radius 1 is 1.23 bits per heavy atom. The Kier molecular flexibility index (Phi) is 4.99. The van der Waals surface area contributed by atoms with Crippen LogP contribution in [0.15, 0.2) is 41.4 Å². The largest absolute Gasteiger partial charge is 0.486 e. The smallest absolute Gasteiger partial charge is 0.280 e. The van der Waals surface area contributed by atoms with Crippen LogP contribution >= 0.6 is 33.9 Å². The average molecular weight is 480 g/mol. The van der Waals surface area contributed by atoms with Gasteiger partial charge in [-0.15, -0.1) is 0 Å². The van der Waals surface area contributed by atoms with E-state index in [9.17, 15) is 4.79 Å². The molecule has 1 amide bonds. The molecule has 0 saturated heterocycles. The summed E-state index contributed by atoms with van der Waals surface area (Å²) in [5.41, 5.74) is 1.65. The Balaban J connectivity index is 1.87. The molecule has 0 bridgehead atoms. The minimum atomic E-state index is -0.219. The van der Waals surface area contributed by atoms with Gasteiger partial charge in [-0.25, -0.2) is 0 Å². The van der Waals surface area contributed by atoms with Crippen LogP contribution in [0.1, 0.15) is 23.7 Å². The number of rotatable bonds is 3. The molecule has 5 nitrogen and oxygen atoms in total. The molecule has 4 rings (SSSR count). The van der Waals surface area contributed by atoms with Crippen molar-refractivity contribution in [2.75, 3.05) is 13.2 Å². The first-order valence-electron chi connectivity index (χ1n) is 8.44. The number of nitrogens with zero attached hydrogens (tertiary/aromatic N) is 2. The van der Waals surface area contributed by atoms with Crippen LogP contribution in [0, 0.1) is 3.57 Å². The number of aromatic nitrogens is 1. The lowest BCUT2D eigenvalue weighted by molar-refractivity contribution is 0.0997. The van der Waals surface area contributed by atoms with Gasteiger partial charge in [0.25, 0.3) is 5.91 Å². The van der Waals surface area contributed by atoms with Crippen LogP contribution in [0.3, 0.4) is 0 Å². The van der Waals surface area contributed by atoms with Gasteiger partial charge in [-0.2, -0.15) is 4.99 Å². The summed E-state index contributed by atoms with van der Waals surface area (Å²) in [6.07, 6.45) is 0.949. The summed E-state index contributed by atoms with van der Waals surface area (Å²) >= 11 is 3.67. The number of fused-ring (bicyclic) bond motifs is 2. The molecule has 0 radical (unpaired) electrons. The van der Waals surface area contributed by atoms with Gasteiger partial charge in [0.1, 0.15) is 13.2 Å². The first-order chi connectivity index (χ1) is 12.7. The highest BCUT2D eigenvalue weighted by atomic mass is 127. The fourth-order valence-electron chi connectivity index (χ4n) is 2.91. The zero-order valence-electron chi connectivity index (χ0n) is 14.2. The molecular weight excluding hydrogens is 463 g/mol. The van der Waals surface area contributed by atoms with E-state index < -0.39 is 0 Å². The molecule has 0 fully saturated rings. The van der Waals surface area contributed by atoms with Gasteiger partial charge in [-0.05, 0) is 41.1 Å². The lowest BCUT2D eigenvalue weighted by Crippen LogP contribution is -2.18. The van der Waals surface area contributed by atoms with Gasteiger partial charge >= 0.3 is 0 Å². The summed E-state index contributed by atoms with van der Waals surface area (Å²) in [6.45, 7) is 4.01. The minimum absolute atomic E-state index is 0.219. The molecule has 2 heterocycles. The Hall–Kier alpha value is -1.87. The molecule has 1 aliphatic heterocycles. The Morgan fingerprint density at radius 3 is 2.69 bits per heavy atom. The van der Waals surface area contributed by atoms with Crippen LogP contribution in [0.4, 0.5) is 0 Å². The van der Waals surface area contributed by atoms with Crippen LogP contribution in [0.25, 0.3) is 10.2 Å². The van der Waals surface area contributed by atoms with Crippen molar-refractivity contribution >= 4 is 50.1 Å². The topological polar surface area (TPSA) is 52.8 Å². The van der Waals surface area contributed by atoms with E-state index in [0.29, 0.717) is 23.6 Å². The van der Waals surface area contributed by atoms with Crippen LogP contribution in [0.5, 0.6) is 11.5 Å². The third kappa shape index (κ3) is 3.25. The molecule has 1 aliphatic rings. The second kappa shape index (κ2) is 7.40. The number of hydrogen-bond acceptors (Lipinski definition) is 4. The molecule has 0 atom stereocenters. The SMILES string of the molecule is CCCn1c(=NC(=O)c2ccccc2I)sc2cc3c(cc21)OCCO3. The summed E-state index contributed by atoms with van der Waals surface area (Å²) in [5.74, 6) is 1.29. The number of hydrogen-bond donors (Lipinski definition) is 0. The first kappa shape index (κ1) is 17.5. The van der Waals surface area contributed by atoms with E-state index in [1.165, 1.54) is 11.3 Å². The third-order valence-corrected chi connectivity index (χ3v) is 6.08. The van der Waals surface area contributed by atoms with Crippen molar-refractivity contribution in [3.63, 3.8) is 0 Å². The van der Waals surface area contributed by atoms with Crippen molar-refractivity contribution in [1.29, 1.82) is 0 Å². The number of thiazole rings is 1. The van der Waals surface area contributed by atoms with E-state index in [1.807, 2.05) is 36.4 Å². The van der Waals surface area contributed by atoms with Crippen molar-refractivity contribution in [2.45, 2.75) is 19.9 Å². The lowest BCUT2D eigenvalue weighted by atomic mass is 10.2. The lowest BCUT2D eigenvalue weighted by Gasteiger charge is -2.18. The number of amides is 1. The highest BCUT2D eigenvalue weighted by Gasteiger charge is 2.17. The highest BCUT2D eigenvalue weighted by molar-refractivity contribution is 14.1. The predicted molar refractivity (Wildman–Crippen MR) is 110 cm³/mol. The normalized spacial score (nSPS) is 14.0. The molecule has 0 unspecified atom stereocenters. The number of benzene rings is 2. The second-order valence-electron chi connectivity index (χ2n) is 5.90. The van der Waals surface area contributed by atoms with E-state index in [-0.39, 0.29) is 5.91 Å². The molecule has 7 heteroatoms. The summed E-state index contributed by atoms with van der Waals surface area (Å²) in [6, 6.07) is 11.5. The van der Waals surface area contributed by atoms with Gasteiger partial charge < -0.3 is 14.0 Å². The molecule has 3 aromatic rings. The van der Waals surface area contributed by atoms with E-state index in [2.05, 4.69) is 39.1 Å². The molecule has 26 heavy (non-hydrogen) atoms. The summed E-state index contributed by atoms with van der Waals surface area (Å²) in [7, 11) is 0. The van der Waals surface area contributed by atoms with E-state index in [4.69, 9.17) is 9.47 Å². The number of carbonyl (C=O) groups excluding carboxylic acids is 1. The van der Waals surface area contributed by atoms with Crippen molar-refractivity contribution in [2.24, 2.45) is 4.99 Å². The summed E-state index contributed by atoms with van der Waals surface area (Å²) < 4.78 is 15.4. The van der Waals surface area contributed by atoms with Gasteiger partial charge in [0.2, 0.25) is 0 Å². The minimum Gasteiger partial charge on any atom is -0.486 e. The molecule has 134 valence electrons. The molecule has 2 aromatic carbocycles. The monoisotopic (exact) mass is 480 g/mol. The molecule has 0 aliphatic carbocycles. The Bertz CT molecular complexity index is 1050. The van der Waals surface area contributed by atoms with Crippen LogP contribution in [-0.4, -0.2) is 23.7 Å². The molecule has 0 spiro atoms. The van der Waals surface area contributed by atoms with Crippen molar-refractivity contribution in [1.82, 2.24) is 4.57 Å². The zero-order chi connectivity index (χ0) is 18.1. The summed E-state index contributed by atoms with van der Waals surface area (Å²) in [5, 5.41) is 0. The maximum absolute atomic E-state index is 12.7. The van der Waals surface area contributed by atoms with Crippen molar-refractivity contribution in [3.8, 4) is 11.5 Å². The maximum atomic E-state index is 12.7. The molecule has 0 saturated carbocycles. The second-order valence-corrected chi connectivity index (χ2v) is 8.07. The fraction of sp³-hybridized carbons (Fsp3) is 0.263. The Labute approximate surface area is 168 Å². The van der Waals surface area contributed by atoms with Crippen molar-refractivity contribution < 1.29 is 14.3 Å². The van der Waals surface area contributed by atoms with Crippen molar-refractivity contribution in [3.05, 3.63) is 50.3 Å². The van der Waals surface area contributed by atoms with Gasteiger partial charge in [-0.1, -0.05) is 30.4 Å². The van der Waals surface area contributed by atoms with Gasteiger partial charge in [0.05, 0.1) is 15.8 Å². The predicted octanol–water partition coefficient (Wildman–Crippen LogP) is 4.23. The number of carbonyl (C=O) groups is 1. The fourth-order valence-corrected chi connectivity index (χ4v) is 4.60. The quantitative estimate of drug-likeness (QED) is 0.528. The summed E-state index contributed by atoms with van der Waals surface area (Å²) in [4.78, 5) is 17.8.